The summed E-state index contributed by atoms with van der Waals surface area (Å²) in [5.74, 6) is 0. The van der Waals surface area contributed by atoms with E-state index in [-0.39, 0.29) is 72.3 Å². The standard InChI is InChI=1S/C3H9O6P.2Na/c1-7-2-3-8-9-10(4,5)6;;/h2-3H2,1H3,(H2,4,5,6);;/q;2*+1/p-2. The number of rotatable bonds is 5. The van der Waals surface area contributed by atoms with Crippen LogP contribution in [0.25, 0.3) is 0 Å². The molecule has 0 unspecified atom stereocenters. The van der Waals surface area contributed by atoms with E-state index in [1.807, 2.05) is 0 Å². The van der Waals surface area contributed by atoms with Crippen LogP contribution in [0.2, 0.25) is 0 Å². The summed E-state index contributed by atoms with van der Waals surface area (Å²) in [4.78, 5) is 23.3. The third-order valence-electron chi connectivity index (χ3n) is 0.515. The van der Waals surface area contributed by atoms with Crippen molar-refractivity contribution in [3.8, 4) is 0 Å². The number of hydrogen-bond donors (Lipinski definition) is 0. The van der Waals surface area contributed by atoms with Crippen LogP contribution in [0.4, 0.5) is 0 Å². The minimum absolute atomic E-state index is 0. The molecule has 0 rings (SSSR count). The van der Waals surface area contributed by atoms with Crippen LogP contribution in [-0.4, -0.2) is 20.3 Å². The molecule has 9 heteroatoms. The van der Waals surface area contributed by atoms with Gasteiger partial charge in [0.25, 0.3) is 0 Å². The van der Waals surface area contributed by atoms with E-state index in [4.69, 9.17) is 0 Å². The van der Waals surface area contributed by atoms with E-state index in [1.165, 1.54) is 7.11 Å². The maximum atomic E-state index is 9.68. The average molecular weight is 216 g/mol. The van der Waals surface area contributed by atoms with Gasteiger partial charge >= 0.3 is 59.1 Å². The molecule has 0 bridgehead atoms. The maximum absolute atomic E-state index is 9.68. The van der Waals surface area contributed by atoms with Gasteiger partial charge in [0, 0.05) is 7.11 Å². The van der Waals surface area contributed by atoms with E-state index in [9.17, 15) is 14.4 Å². The van der Waals surface area contributed by atoms with Crippen LogP contribution in [-0.2, 0) is 18.9 Å². The second kappa shape index (κ2) is 11.1. The largest absolute Gasteiger partial charge is 1.00 e. The molecule has 62 valence electrons. The Kier molecular flexibility index (Phi) is 18.1. The smallest absolute Gasteiger partial charge is 0.788 e. The van der Waals surface area contributed by atoms with Crippen molar-refractivity contribution >= 4 is 7.82 Å². The molecule has 0 aliphatic heterocycles. The van der Waals surface area contributed by atoms with Crippen LogP contribution in [0, 0.1) is 0 Å². The Morgan fingerprint density at radius 1 is 1.25 bits per heavy atom. The molecule has 6 nitrogen and oxygen atoms in total. The fourth-order valence-electron chi connectivity index (χ4n) is 0.219. The Hall–Kier alpha value is 2.03. The summed E-state index contributed by atoms with van der Waals surface area (Å²) in [6.07, 6.45) is 0. The Morgan fingerprint density at radius 3 is 2.08 bits per heavy atom. The second-order valence-corrected chi connectivity index (χ2v) is 2.38. The molecule has 0 aromatic rings. The van der Waals surface area contributed by atoms with Crippen molar-refractivity contribution in [2.45, 2.75) is 0 Å². The molecule has 0 fully saturated rings. The summed E-state index contributed by atoms with van der Waals surface area (Å²) in [5, 5.41) is 0. The Bertz CT molecular complexity index is 126. The van der Waals surface area contributed by atoms with Gasteiger partial charge in [0.15, 0.2) is 0 Å². The minimum Gasteiger partial charge on any atom is -0.788 e. The van der Waals surface area contributed by atoms with Crippen LogP contribution in [0.1, 0.15) is 0 Å². The van der Waals surface area contributed by atoms with Gasteiger partial charge in [-0.05, 0) is 0 Å². The molecular formula is C3H7Na2O6P. The molecule has 0 saturated heterocycles. The first kappa shape index (κ1) is 19.6. The van der Waals surface area contributed by atoms with Crippen molar-refractivity contribution in [1.82, 2.24) is 0 Å². The molecular weight excluding hydrogens is 209 g/mol. The van der Waals surface area contributed by atoms with Crippen molar-refractivity contribution in [2.75, 3.05) is 20.3 Å². The van der Waals surface area contributed by atoms with E-state index in [1.54, 1.807) is 0 Å². The number of hydrogen-bond acceptors (Lipinski definition) is 6. The summed E-state index contributed by atoms with van der Waals surface area (Å²) in [6.45, 7) is 0.0744. The third-order valence-corrected chi connectivity index (χ3v) is 0.803. The van der Waals surface area contributed by atoms with Gasteiger partial charge in [0.05, 0.1) is 6.61 Å². The molecule has 0 amide bonds. The summed E-state index contributed by atoms with van der Waals surface area (Å²) in [6, 6.07) is 0. The second-order valence-electron chi connectivity index (χ2n) is 1.34. The van der Waals surface area contributed by atoms with E-state index < -0.39 is 7.82 Å². The first-order valence-electron chi connectivity index (χ1n) is 2.38. The fourth-order valence-corrected chi connectivity index (χ4v) is 0.423. The van der Waals surface area contributed by atoms with E-state index >= 15 is 0 Å². The zero-order valence-electron chi connectivity index (χ0n) is 7.31. The first-order chi connectivity index (χ1) is 4.56. The van der Waals surface area contributed by atoms with Crippen LogP contribution < -0.4 is 68.9 Å². The summed E-state index contributed by atoms with van der Waals surface area (Å²) < 4.78 is 17.5. The number of phosphoric acid groups is 1. The Labute approximate surface area is 115 Å². The van der Waals surface area contributed by atoms with Crippen molar-refractivity contribution in [3.63, 3.8) is 0 Å². The van der Waals surface area contributed by atoms with Crippen LogP contribution >= 0.6 is 7.82 Å². The first-order valence-corrected chi connectivity index (χ1v) is 3.84. The quantitative estimate of drug-likeness (QED) is 0.149. The van der Waals surface area contributed by atoms with Crippen molar-refractivity contribution in [1.29, 1.82) is 0 Å². The van der Waals surface area contributed by atoms with Gasteiger partial charge in [-0.25, -0.2) is 9.56 Å². The number of ether oxygens (including phenoxy) is 1. The summed E-state index contributed by atoms with van der Waals surface area (Å²) >= 11 is 0. The molecule has 0 spiro atoms. The van der Waals surface area contributed by atoms with Gasteiger partial charge in [-0.15, -0.1) is 0 Å². The molecule has 0 atom stereocenters. The molecule has 0 saturated carbocycles. The number of methoxy groups -OCH3 is 1. The molecule has 0 aliphatic rings. The van der Waals surface area contributed by atoms with Crippen molar-refractivity contribution < 1.29 is 87.8 Å². The summed E-state index contributed by atoms with van der Waals surface area (Å²) in [7, 11) is -3.58. The Balaban J connectivity index is -0.000000405. The fraction of sp³-hybridized carbons (Fsp3) is 1.00. The topological polar surface area (TPSA) is 90.9 Å². The van der Waals surface area contributed by atoms with E-state index in [0.717, 1.165) is 0 Å². The van der Waals surface area contributed by atoms with Crippen LogP contribution in [0.15, 0.2) is 0 Å². The predicted molar refractivity (Wildman–Crippen MR) is 26.5 cm³/mol. The maximum Gasteiger partial charge on any atom is 1.00 e. The van der Waals surface area contributed by atoms with Crippen molar-refractivity contribution in [2.24, 2.45) is 0 Å². The molecule has 0 aliphatic carbocycles. The molecule has 0 N–H and O–H groups in total. The minimum atomic E-state index is -4.98. The van der Waals surface area contributed by atoms with Gasteiger partial charge in [-0.1, -0.05) is 0 Å². The predicted octanol–water partition coefficient (Wildman–Crippen LogP) is -7.58. The zero-order chi connectivity index (χ0) is 8.04. The van der Waals surface area contributed by atoms with Crippen LogP contribution in [0.3, 0.4) is 0 Å². The monoisotopic (exact) mass is 216 g/mol. The average Bonchev–Trinajstić information content (AvgIpc) is 1.78. The van der Waals surface area contributed by atoms with Crippen LogP contribution in [0.5, 0.6) is 0 Å². The molecule has 0 aromatic carbocycles. The van der Waals surface area contributed by atoms with Crippen molar-refractivity contribution in [3.05, 3.63) is 0 Å². The van der Waals surface area contributed by atoms with Gasteiger partial charge in [-0.3, -0.25) is 0 Å². The van der Waals surface area contributed by atoms with Gasteiger partial charge < -0.3 is 19.1 Å². The van der Waals surface area contributed by atoms with Gasteiger partial charge in [0.2, 0.25) is 0 Å². The zero-order valence-corrected chi connectivity index (χ0v) is 12.2. The third kappa shape index (κ3) is 17.9. The Morgan fingerprint density at radius 2 is 1.75 bits per heavy atom. The van der Waals surface area contributed by atoms with E-state index in [2.05, 4.69) is 14.3 Å². The normalized spacial score (nSPS) is 9.92. The van der Waals surface area contributed by atoms with Gasteiger partial charge in [-0.2, -0.15) is 0 Å². The molecule has 0 aromatic heterocycles. The molecule has 0 heterocycles. The summed E-state index contributed by atoms with van der Waals surface area (Å²) in [5.41, 5.74) is 0. The van der Waals surface area contributed by atoms with E-state index in [0.29, 0.717) is 0 Å². The van der Waals surface area contributed by atoms with Gasteiger partial charge in [0.1, 0.15) is 14.4 Å². The molecule has 0 radical (unpaired) electrons. The molecule has 12 heavy (non-hydrogen) atoms. The SMILES string of the molecule is COCCOOP(=O)([O-])[O-].[Na+].[Na+].